The maximum Gasteiger partial charge on any atom is 0.142 e. The molecule has 0 aliphatic carbocycles. The van der Waals surface area contributed by atoms with Crippen LogP contribution in [-0.4, -0.2) is 24.3 Å². The van der Waals surface area contributed by atoms with Crippen LogP contribution in [0.4, 0.5) is 0 Å². The van der Waals surface area contributed by atoms with E-state index in [4.69, 9.17) is 0 Å². The van der Waals surface area contributed by atoms with E-state index in [0.717, 1.165) is 25.1 Å². The van der Waals surface area contributed by atoms with Gasteiger partial charge in [-0.15, -0.1) is 0 Å². The molecule has 0 fully saturated rings. The highest BCUT2D eigenvalue weighted by Crippen LogP contribution is 2.00. The molecule has 0 rings (SSSR count). The van der Waals surface area contributed by atoms with Crippen molar-refractivity contribution in [1.82, 2.24) is 4.90 Å². The summed E-state index contributed by atoms with van der Waals surface area (Å²) in [5.41, 5.74) is 0.891. The third-order valence-electron chi connectivity index (χ3n) is 1.54. The fraction of sp³-hybridized carbons (Fsp3) is 0.444. The molecule has 0 spiro atoms. The summed E-state index contributed by atoms with van der Waals surface area (Å²) in [5.74, 6) is 0. The lowest BCUT2D eigenvalue weighted by molar-refractivity contribution is -0.104. The summed E-state index contributed by atoms with van der Waals surface area (Å²) >= 11 is 0. The molecular weight excluding hydrogens is 138 g/mol. The maximum atomic E-state index is 9.96. The Bertz CT molecular complexity index is 157. The van der Waals surface area contributed by atoms with E-state index in [2.05, 4.69) is 25.3 Å². The van der Waals surface area contributed by atoms with E-state index in [1.165, 1.54) is 6.08 Å². The Balaban J connectivity index is 3.98. The van der Waals surface area contributed by atoms with Crippen LogP contribution in [0.3, 0.4) is 0 Å². The number of hydrogen-bond donors (Lipinski definition) is 0. The molecule has 0 radical (unpaired) electrons. The minimum Gasteiger partial charge on any atom is -0.373 e. The molecule has 0 aromatic rings. The van der Waals surface area contributed by atoms with E-state index < -0.39 is 0 Å². The molecular formula is C9H15NO. The Labute approximate surface area is 68.2 Å². The lowest BCUT2D eigenvalue weighted by atomic mass is 10.3. The van der Waals surface area contributed by atoms with Gasteiger partial charge in [0.25, 0.3) is 0 Å². The highest BCUT2D eigenvalue weighted by atomic mass is 16.1. The number of likely N-dealkylation sites (N-methyl/N-ethyl adjacent to an activating group) is 1. The summed E-state index contributed by atoms with van der Waals surface area (Å²) in [7, 11) is 0. The van der Waals surface area contributed by atoms with Gasteiger partial charge in [0.1, 0.15) is 6.29 Å². The molecule has 11 heavy (non-hydrogen) atoms. The number of allylic oxidation sites excluding steroid dienone is 2. The first kappa shape index (κ1) is 9.95. The lowest BCUT2D eigenvalue weighted by Gasteiger charge is -2.20. The maximum absolute atomic E-state index is 9.96. The first-order chi connectivity index (χ1) is 5.26. The standard InChI is InChI=1S/C9H15NO/c1-4-10(5-2)9(3)7-6-8-11/h6-8H,3-5H2,1-2H3/b7-6+. The number of carbonyl (C=O) groups is 1. The van der Waals surface area contributed by atoms with E-state index >= 15 is 0 Å². The summed E-state index contributed by atoms with van der Waals surface area (Å²) < 4.78 is 0. The van der Waals surface area contributed by atoms with Crippen LogP contribution in [0.5, 0.6) is 0 Å². The molecule has 62 valence electrons. The minimum atomic E-state index is 0.759. The quantitative estimate of drug-likeness (QED) is 0.339. The SMILES string of the molecule is C=C(/C=C/C=O)N(CC)CC. The zero-order valence-electron chi connectivity index (χ0n) is 7.21. The number of carbonyl (C=O) groups excluding carboxylic acids is 1. The van der Waals surface area contributed by atoms with E-state index in [-0.39, 0.29) is 0 Å². The molecule has 0 heterocycles. The van der Waals surface area contributed by atoms with Crippen molar-refractivity contribution in [2.24, 2.45) is 0 Å². The molecule has 0 aliphatic rings. The molecule has 0 saturated carbocycles. The van der Waals surface area contributed by atoms with E-state index in [9.17, 15) is 4.79 Å². The average molecular weight is 153 g/mol. The van der Waals surface area contributed by atoms with Crippen LogP contribution in [0.1, 0.15) is 13.8 Å². The minimum absolute atomic E-state index is 0.759. The van der Waals surface area contributed by atoms with Crippen LogP contribution < -0.4 is 0 Å². The predicted octanol–water partition coefficient (Wildman–Crippen LogP) is 1.60. The monoisotopic (exact) mass is 153 g/mol. The fourth-order valence-electron chi connectivity index (χ4n) is 0.886. The van der Waals surface area contributed by atoms with Gasteiger partial charge in [-0.2, -0.15) is 0 Å². The van der Waals surface area contributed by atoms with Crippen LogP contribution in [0.25, 0.3) is 0 Å². The van der Waals surface area contributed by atoms with Crippen molar-refractivity contribution < 1.29 is 4.79 Å². The van der Waals surface area contributed by atoms with Gasteiger partial charge in [0.15, 0.2) is 0 Å². The molecule has 0 atom stereocenters. The second-order valence-corrected chi connectivity index (χ2v) is 2.16. The van der Waals surface area contributed by atoms with Crippen LogP contribution >= 0.6 is 0 Å². The van der Waals surface area contributed by atoms with Gasteiger partial charge in [0, 0.05) is 18.8 Å². The number of nitrogens with zero attached hydrogens (tertiary/aromatic N) is 1. The molecule has 0 aromatic carbocycles. The van der Waals surface area contributed by atoms with Crippen molar-refractivity contribution in [2.75, 3.05) is 13.1 Å². The Morgan fingerprint density at radius 1 is 1.45 bits per heavy atom. The zero-order valence-corrected chi connectivity index (χ0v) is 7.21. The number of hydrogen-bond acceptors (Lipinski definition) is 2. The van der Waals surface area contributed by atoms with Gasteiger partial charge in [-0.3, -0.25) is 4.79 Å². The molecule has 0 amide bonds. The van der Waals surface area contributed by atoms with Crippen LogP contribution in [0.2, 0.25) is 0 Å². The van der Waals surface area contributed by atoms with Gasteiger partial charge in [0.05, 0.1) is 0 Å². The third kappa shape index (κ3) is 3.61. The smallest absolute Gasteiger partial charge is 0.142 e. The van der Waals surface area contributed by atoms with Crippen LogP contribution in [0.15, 0.2) is 24.4 Å². The van der Waals surface area contributed by atoms with Crippen LogP contribution in [-0.2, 0) is 4.79 Å². The van der Waals surface area contributed by atoms with Gasteiger partial charge >= 0.3 is 0 Å². The number of aldehydes is 1. The summed E-state index contributed by atoms with van der Waals surface area (Å²) in [5, 5.41) is 0. The van der Waals surface area contributed by atoms with E-state index in [1.807, 2.05) is 0 Å². The molecule has 0 aromatic heterocycles. The van der Waals surface area contributed by atoms with Crippen molar-refractivity contribution in [1.29, 1.82) is 0 Å². The summed E-state index contributed by atoms with van der Waals surface area (Å²) in [6, 6.07) is 0. The van der Waals surface area contributed by atoms with Gasteiger partial charge in [0.2, 0.25) is 0 Å². The van der Waals surface area contributed by atoms with Crippen molar-refractivity contribution >= 4 is 6.29 Å². The first-order valence-corrected chi connectivity index (χ1v) is 3.81. The van der Waals surface area contributed by atoms with Crippen molar-refractivity contribution in [3.63, 3.8) is 0 Å². The van der Waals surface area contributed by atoms with Gasteiger partial charge in [-0.05, 0) is 26.0 Å². The molecule has 2 nitrogen and oxygen atoms in total. The van der Waals surface area contributed by atoms with Gasteiger partial charge in [-0.1, -0.05) is 6.58 Å². The Morgan fingerprint density at radius 2 is 2.00 bits per heavy atom. The second kappa shape index (κ2) is 5.71. The largest absolute Gasteiger partial charge is 0.373 e. The Morgan fingerprint density at radius 3 is 2.36 bits per heavy atom. The molecule has 2 heteroatoms. The highest BCUT2D eigenvalue weighted by Gasteiger charge is 1.96. The Hall–Kier alpha value is -1.05. The average Bonchev–Trinajstić information content (AvgIpc) is 2.03. The van der Waals surface area contributed by atoms with Gasteiger partial charge < -0.3 is 4.90 Å². The summed E-state index contributed by atoms with van der Waals surface area (Å²) in [6.07, 6.45) is 3.94. The van der Waals surface area contributed by atoms with E-state index in [0.29, 0.717) is 0 Å². The second-order valence-electron chi connectivity index (χ2n) is 2.16. The molecule has 0 aliphatic heterocycles. The lowest BCUT2D eigenvalue weighted by Crippen LogP contribution is -2.20. The van der Waals surface area contributed by atoms with Crippen molar-refractivity contribution in [3.8, 4) is 0 Å². The molecule has 0 saturated heterocycles. The summed E-state index contributed by atoms with van der Waals surface area (Å²) in [4.78, 5) is 12.0. The predicted molar refractivity (Wildman–Crippen MR) is 47.3 cm³/mol. The molecule has 0 N–H and O–H groups in total. The number of rotatable bonds is 5. The Kier molecular flexibility index (Phi) is 5.17. The topological polar surface area (TPSA) is 20.3 Å². The summed E-state index contributed by atoms with van der Waals surface area (Å²) in [6.45, 7) is 9.79. The molecule has 0 unspecified atom stereocenters. The van der Waals surface area contributed by atoms with Crippen molar-refractivity contribution in [2.45, 2.75) is 13.8 Å². The molecule has 0 bridgehead atoms. The van der Waals surface area contributed by atoms with Gasteiger partial charge in [-0.25, -0.2) is 0 Å². The zero-order chi connectivity index (χ0) is 8.69. The normalized spacial score (nSPS) is 10.0. The van der Waals surface area contributed by atoms with Crippen LogP contribution in [0, 0.1) is 0 Å². The van der Waals surface area contributed by atoms with Crippen molar-refractivity contribution in [3.05, 3.63) is 24.4 Å². The first-order valence-electron chi connectivity index (χ1n) is 3.81. The van der Waals surface area contributed by atoms with E-state index in [1.54, 1.807) is 6.08 Å². The third-order valence-corrected chi connectivity index (χ3v) is 1.54. The fourth-order valence-corrected chi connectivity index (χ4v) is 0.886. The highest BCUT2D eigenvalue weighted by molar-refractivity contribution is 5.65.